The number of carbonyl (C=O) groups excluding carboxylic acids is 1. The van der Waals surface area contributed by atoms with Gasteiger partial charge in [-0.05, 0) is 50.7 Å². The number of amides is 1. The second kappa shape index (κ2) is 9.84. The third-order valence-corrected chi connectivity index (χ3v) is 6.71. The summed E-state index contributed by atoms with van der Waals surface area (Å²) in [6.45, 7) is 2.20. The van der Waals surface area contributed by atoms with Crippen LogP contribution in [0.1, 0.15) is 81.0 Å². The first kappa shape index (κ1) is 20.5. The maximum atomic E-state index is 12.6. The number of hydrogen-bond acceptors (Lipinski definition) is 4. The number of ether oxygens (including phenoxy) is 2. The summed E-state index contributed by atoms with van der Waals surface area (Å²) in [6.07, 6.45) is 14.1. The van der Waals surface area contributed by atoms with Crippen molar-refractivity contribution in [2.24, 2.45) is 0 Å². The number of benzene rings is 1. The van der Waals surface area contributed by atoms with Gasteiger partial charge < -0.3 is 19.7 Å². The lowest BCUT2D eigenvalue weighted by molar-refractivity contribution is 0.0654. The van der Waals surface area contributed by atoms with Gasteiger partial charge in [-0.1, -0.05) is 32.1 Å². The molecule has 0 radical (unpaired) electrons. The molecule has 1 aromatic rings. The van der Waals surface area contributed by atoms with Crippen LogP contribution in [-0.2, 0) is 0 Å². The second-order valence-corrected chi connectivity index (χ2v) is 8.96. The number of methoxy groups -OCH3 is 1. The molecule has 0 aromatic heterocycles. The van der Waals surface area contributed by atoms with Crippen LogP contribution >= 0.6 is 0 Å². The lowest BCUT2D eigenvalue weighted by Gasteiger charge is -2.38. The van der Waals surface area contributed by atoms with Gasteiger partial charge in [-0.2, -0.15) is 0 Å². The van der Waals surface area contributed by atoms with Crippen LogP contribution in [0.3, 0.4) is 0 Å². The van der Waals surface area contributed by atoms with Gasteiger partial charge in [-0.3, -0.25) is 4.79 Å². The van der Waals surface area contributed by atoms with Crippen molar-refractivity contribution in [2.45, 2.75) is 88.8 Å². The molecule has 5 nitrogen and oxygen atoms in total. The van der Waals surface area contributed by atoms with Crippen molar-refractivity contribution in [3.05, 3.63) is 23.8 Å². The molecule has 3 fully saturated rings. The summed E-state index contributed by atoms with van der Waals surface area (Å²) in [4.78, 5) is 15.3. The first-order valence-corrected chi connectivity index (χ1v) is 11.6. The van der Waals surface area contributed by atoms with Crippen LogP contribution in [0.2, 0.25) is 0 Å². The predicted molar refractivity (Wildman–Crippen MR) is 115 cm³/mol. The van der Waals surface area contributed by atoms with E-state index in [1.54, 1.807) is 7.11 Å². The normalized spacial score (nSPS) is 22.5. The van der Waals surface area contributed by atoms with E-state index in [0.29, 0.717) is 17.4 Å². The molecule has 1 N–H and O–H groups in total. The van der Waals surface area contributed by atoms with Crippen molar-refractivity contribution in [2.75, 3.05) is 20.2 Å². The molecule has 1 saturated heterocycles. The van der Waals surface area contributed by atoms with Crippen LogP contribution in [0.4, 0.5) is 0 Å². The molecule has 2 aliphatic carbocycles. The van der Waals surface area contributed by atoms with Crippen LogP contribution in [0.5, 0.6) is 11.5 Å². The summed E-state index contributed by atoms with van der Waals surface area (Å²) >= 11 is 0. The van der Waals surface area contributed by atoms with Gasteiger partial charge in [0.2, 0.25) is 0 Å². The van der Waals surface area contributed by atoms with Gasteiger partial charge in [0.05, 0.1) is 12.7 Å². The molecule has 29 heavy (non-hydrogen) atoms. The van der Waals surface area contributed by atoms with E-state index < -0.39 is 0 Å². The smallest absolute Gasteiger partial charge is 0.255 e. The van der Waals surface area contributed by atoms with Crippen molar-refractivity contribution in [3.8, 4) is 11.5 Å². The van der Waals surface area contributed by atoms with Crippen LogP contribution in [-0.4, -0.2) is 49.2 Å². The number of piperidine rings is 1. The third-order valence-electron chi connectivity index (χ3n) is 6.71. The Balaban J connectivity index is 1.36. The van der Waals surface area contributed by atoms with Gasteiger partial charge in [-0.25, -0.2) is 0 Å². The molecule has 4 rings (SSSR count). The highest BCUT2D eigenvalue weighted by atomic mass is 16.5. The number of carbonyl (C=O) groups is 1. The van der Waals surface area contributed by atoms with Gasteiger partial charge >= 0.3 is 0 Å². The number of rotatable bonds is 6. The third kappa shape index (κ3) is 5.65. The molecule has 1 amide bonds. The van der Waals surface area contributed by atoms with Crippen LogP contribution in [0.15, 0.2) is 18.2 Å². The molecule has 1 aliphatic heterocycles. The van der Waals surface area contributed by atoms with E-state index in [2.05, 4.69) is 10.2 Å². The molecule has 2 saturated carbocycles. The Hall–Kier alpha value is -1.75. The Morgan fingerprint density at radius 2 is 1.66 bits per heavy atom. The summed E-state index contributed by atoms with van der Waals surface area (Å²) in [7, 11) is 1.65. The topological polar surface area (TPSA) is 50.8 Å². The number of likely N-dealkylation sites (tertiary alicyclic amines) is 1. The standard InChI is InChI=1S/C24H36N2O3/c1-28-21-11-12-22(24(27)25-18-9-10-18)23(17-21)29-20-13-15-26(16-14-20)19-7-5-3-2-4-6-8-19/h11-12,17-20H,2-10,13-16H2,1H3,(H,25,27). The Morgan fingerprint density at radius 1 is 0.966 bits per heavy atom. The zero-order valence-corrected chi connectivity index (χ0v) is 17.8. The Labute approximate surface area is 175 Å². The maximum absolute atomic E-state index is 12.6. The molecule has 160 valence electrons. The van der Waals surface area contributed by atoms with Crippen molar-refractivity contribution in [1.82, 2.24) is 10.2 Å². The summed E-state index contributed by atoms with van der Waals surface area (Å²) < 4.78 is 11.7. The van der Waals surface area contributed by atoms with Crippen LogP contribution in [0, 0.1) is 0 Å². The van der Waals surface area contributed by atoms with Crippen molar-refractivity contribution in [1.29, 1.82) is 0 Å². The van der Waals surface area contributed by atoms with Crippen molar-refractivity contribution < 1.29 is 14.3 Å². The molecule has 5 heteroatoms. The summed E-state index contributed by atoms with van der Waals surface area (Å²) in [5.41, 5.74) is 0.625. The van der Waals surface area contributed by atoms with E-state index >= 15 is 0 Å². The van der Waals surface area contributed by atoms with Gasteiger partial charge in [0.15, 0.2) is 0 Å². The minimum Gasteiger partial charge on any atom is -0.497 e. The Bertz CT molecular complexity index is 673. The van der Waals surface area contributed by atoms with Crippen molar-refractivity contribution in [3.63, 3.8) is 0 Å². The molecule has 1 heterocycles. The maximum Gasteiger partial charge on any atom is 0.255 e. The fourth-order valence-corrected chi connectivity index (χ4v) is 4.74. The highest BCUT2D eigenvalue weighted by molar-refractivity contribution is 5.97. The minimum absolute atomic E-state index is 0.0305. The Morgan fingerprint density at radius 3 is 2.31 bits per heavy atom. The van der Waals surface area contributed by atoms with E-state index in [-0.39, 0.29) is 12.0 Å². The summed E-state index contributed by atoms with van der Waals surface area (Å²) in [5, 5.41) is 3.08. The van der Waals surface area contributed by atoms with E-state index in [0.717, 1.165) is 50.6 Å². The molecular weight excluding hydrogens is 364 g/mol. The lowest BCUT2D eigenvalue weighted by atomic mass is 9.94. The van der Waals surface area contributed by atoms with Crippen LogP contribution < -0.4 is 14.8 Å². The molecule has 0 atom stereocenters. The predicted octanol–water partition coefficient (Wildman–Crippen LogP) is 4.54. The van der Waals surface area contributed by atoms with Gasteiger partial charge in [0.1, 0.15) is 17.6 Å². The fraction of sp³-hybridized carbons (Fsp3) is 0.708. The van der Waals surface area contributed by atoms with Crippen molar-refractivity contribution >= 4 is 5.91 Å². The molecule has 3 aliphatic rings. The quantitative estimate of drug-likeness (QED) is 0.761. The SMILES string of the molecule is COc1ccc(C(=O)NC2CC2)c(OC2CCN(C3CCCCCCC3)CC2)c1. The highest BCUT2D eigenvalue weighted by Gasteiger charge is 2.29. The second-order valence-electron chi connectivity index (χ2n) is 8.96. The van der Waals surface area contributed by atoms with Crippen LogP contribution in [0.25, 0.3) is 0 Å². The fourth-order valence-electron chi connectivity index (χ4n) is 4.74. The number of nitrogens with one attached hydrogen (secondary N) is 1. The average molecular weight is 401 g/mol. The zero-order chi connectivity index (χ0) is 20.1. The largest absolute Gasteiger partial charge is 0.497 e. The molecule has 0 unspecified atom stereocenters. The van der Waals surface area contributed by atoms with E-state index in [1.807, 2.05) is 18.2 Å². The molecule has 1 aromatic carbocycles. The van der Waals surface area contributed by atoms with Gasteiger partial charge in [-0.15, -0.1) is 0 Å². The lowest BCUT2D eigenvalue weighted by Crippen LogP contribution is -2.44. The summed E-state index contributed by atoms with van der Waals surface area (Å²) in [5.74, 6) is 1.36. The molecular formula is C24H36N2O3. The van der Waals surface area contributed by atoms with E-state index in [4.69, 9.17) is 9.47 Å². The Kier molecular flexibility index (Phi) is 6.96. The minimum atomic E-state index is -0.0305. The number of nitrogens with zero attached hydrogens (tertiary/aromatic N) is 1. The average Bonchev–Trinajstić information content (AvgIpc) is 3.52. The zero-order valence-electron chi connectivity index (χ0n) is 17.8. The van der Waals surface area contributed by atoms with E-state index in [9.17, 15) is 4.79 Å². The molecule has 0 bridgehead atoms. The highest BCUT2D eigenvalue weighted by Crippen LogP contribution is 2.30. The van der Waals surface area contributed by atoms with Gasteiger partial charge in [0, 0.05) is 31.2 Å². The first-order valence-electron chi connectivity index (χ1n) is 11.6. The molecule has 0 spiro atoms. The van der Waals surface area contributed by atoms with E-state index in [1.165, 1.54) is 44.9 Å². The van der Waals surface area contributed by atoms with Gasteiger partial charge in [0.25, 0.3) is 5.91 Å². The first-order chi connectivity index (χ1) is 14.2. The monoisotopic (exact) mass is 400 g/mol. The summed E-state index contributed by atoms with van der Waals surface area (Å²) in [6, 6.07) is 6.63. The number of hydrogen-bond donors (Lipinski definition) is 1.